The van der Waals surface area contributed by atoms with E-state index in [0.717, 1.165) is 11.3 Å². The first kappa shape index (κ1) is 8.93. The van der Waals surface area contributed by atoms with Gasteiger partial charge in [0.1, 0.15) is 12.9 Å². The Morgan fingerprint density at radius 1 is 1.64 bits per heavy atom. The van der Waals surface area contributed by atoms with Gasteiger partial charge in [0.2, 0.25) is 5.88 Å². The third-order valence-electron chi connectivity index (χ3n) is 2.34. The summed E-state index contributed by atoms with van der Waals surface area (Å²) in [6.07, 6.45) is 1.88. The third-order valence-corrected chi connectivity index (χ3v) is 2.34. The Morgan fingerprint density at radius 3 is 3.14 bits per heavy atom. The molecule has 1 atom stereocenters. The fraction of sp³-hybridized carbons (Fsp3) is 0.444. The van der Waals surface area contributed by atoms with Gasteiger partial charge < -0.3 is 9.84 Å². The molecule has 2 rings (SSSR count). The van der Waals surface area contributed by atoms with Gasteiger partial charge in [-0.25, -0.2) is 9.97 Å². The maximum atomic E-state index is 10.8. The molecule has 74 valence electrons. The Bertz CT molecular complexity index is 378. The molecule has 0 saturated heterocycles. The molecule has 5 heteroatoms. The van der Waals surface area contributed by atoms with E-state index in [1.54, 1.807) is 0 Å². The average Bonchev–Trinajstić information content (AvgIpc) is 2.18. The fourth-order valence-electron chi connectivity index (χ4n) is 1.48. The number of fused-ring (bicyclic) bond motifs is 1. The van der Waals surface area contributed by atoms with Gasteiger partial charge in [0.25, 0.3) is 0 Å². The number of carbonyl (C=O) groups is 1. The van der Waals surface area contributed by atoms with E-state index in [9.17, 15) is 4.79 Å². The van der Waals surface area contributed by atoms with E-state index in [1.165, 1.54) is 6.33 Å². The Balaban J connectivity index is 2.33. The summed E-state index contributed by atoms with van der Waals surface area (Å²) in [6, 6.07) is 0. The van der Waals surface area contributed by atoms with Crippen molar-refractivity contribution in [1.29, 1.82) is 0 Å². The van der Waals surface area contributed by atoms with Gasteiger partial charge in [0.05, 0.1) is 5.92 Å². The van der Waals surface area contributed by atoms with Crippen LogP contribution in [0.2, 0.25) is 0 Å². The normalized spacial score (nSPS) is 19.6. The predicted octanol–water partition coefficient (Wildman–Crippen LogP) is 0.421. The van der Waals surface area contributed by atoms with E-state index in [0.29, 0.717) is 12.3 Å². The zero-order valence-electron chi connectivity index (χ0n) is 7.73. The number of ether oxygens (including phenoxy) is 1. The van der Waals surface area contributed by atoms with Gasteiger partial charge in [-0.3, -0.25) is 4.79 Å². The number of aliphatic carboxylic acids is 1. The lowest BCUT2D eigenvalue weighted by atomic mass is 9.98. The molecule has 1 aliphatic heterocycles. The van der Waals surface area contributed by atoms with Crippen molar-refractivity contribution >= 4 is 5.97 Å². The summed E-state index contributed by atoms with van der Waals surface area (Å²) in [5, 5.41) is 8.83. The highest BCUT2D eigenvalue weighted by Gasteiger charge is 2.27. The van der Waals surface area contributed by atoms with Crippen LogP contribution < -0.4 is 4.74 Å². The van der Waals surface area contributed by atoms with Crippen LogP contribution in [0.25, 0.3) is 0 Å². The molecule has 1 unspecified atom stereocenters. The standard InChI is InChI=1S/C9H10N2O3/c1-5-7-2-6(9(12)13)3-14-8(7)11-4-10-5/h4,6H,2-3H2,1H3,(H,12,13). The molecule has 0 bridgehead atoms. The Kier molecular flexibility index (Phi) is 2.07. The molecule has 2 heterocycles. The van der Waals surface area contributed by atoms with Gasteiger partial charge in [0.15, 0.2) is 0 Å². The van der Waals surface area contributed by atoms with Crippen molar-refractivity contribution in [2.45, 2.75) is 13.3 Å². The second-order valence-corrected chi connectivity index (χ2v) is 3.29. The Morgan fingerprint density at radius 2 is 2.43 bits per heavy atom. The van der Waals surface area contributed by atoms with Crippen LogP contribution in [-0.2, 0) is 11.2 Å². The smallest absolute Gasteiger partial charge is 0.310 e. The van der Waals surface area contributed by atoms with Gasteiger partial charge in [-0.15, -0.1) is 0 Å². The van der Waals surface area contributed by atoms with Crippen LogP contribution in [0.15, 0.2) is 6.33 Å². The molecule has 5 nitrogen and oxygen atoms in total. The molecule has 1 aromatic rings. The molecule has 1 N–H and O–H groups in total. The molecule has 14 heavy (non-hydrogen) atoms. The maximum absolute atomic E-state index is 10.8. The van der Waals surface area contributed by atoms with Crippen molar-refractivity contribution in [2.75, 3.05) is 6.61 Å². The SMILES string of the molecule is Cc1ncnc2c1CC(C(=O)O)CO2. The summed E-state index contributed by atoms with van der Waals surface area (Å²) in [6.45, 7) is 2.02. The molecule has 0 aliphatic carbocycles. The Hall–Kier alpha value is -1.65. The lowest BCUT2D eigenvalue weighted by Gasteiger charge is -2.21. The van der Waals surface area contributed by atoms with E-state index >= 15 is 0 Å². The predicted molar refractivity (Wildman–Crippen MR) is 47.1 cm³/mol. The number of aryl methyl sites for hydroxylation is 1. The minimum atomic E-state index is -0.834. The van der Waals surface area contributed by atoms with Crippen LogP contribution in [0.4, 0.5) is 0 Å². The minimum Gasteiger partial charge on any atom is -0.481 e. The van der Waals surface area contributed by atoms with E-state index < -0.39 is 11.9 Å². The molecule has 0 spiro atoms. The van der Waals surface area contributed by atoms with E-state index in [4.69, 9.17) is 9.84 Å². The third kappa shape index (κ3) is 1.41. The van der Waals surface area contributed by atoms with E-state index in [-0.39, 0.29) is 6.61 Å². The molecule has 0 saturated carbocycles. The van der Waals surface area contributed by atoms with Crippen molar-refractivity contribution in [3.05, 3.63) is 17.6 Å². The second-order valence-electron chi connectivity index (χ2n) is 3.29. The number of hydrogen-bond donors (Lipinski definition) is 1. The van der Waals surface area contributed by atoms with Gasteiger partial charge in [-0.1, -0.05) is 0 Å². The number of nitrogens with zero attached hydrogens (tertiary/aromatic N) is 2. The van der Waals surface area contributed by atoms with Crippen LogP contribution in [-0.4, -0.2) is 27.7 Å². The number of carboxylic acids is 1. The van der Waals surface area contributed by atoms with Crippen molar-refractivity contribution in [3.63, 3.8) is 0 Å². The van der Waals surface area contributed by atoms with Gasteiger partial charge in [-0.2, -0.15) is 0 Å². The first-order valence-corrected chi connectivity index (χ1v) is 4.34. The Labute approximate surface area is 80.8 Å². The van der Waals surface area contributed by atoms with Crippen LogP contribution in [0.1, 0.15) is 11.3 Å². The molecular formula is C9H10N2O3. The molecule has 0 aromatic carbocycles. The lowest BCUT2D eigenvalue weighted by molar-refractivity contribution is -0.143. The number of carboxylic acid groups (broad SMARTS) is 1. The molecule has 0 fully saturated rings. The van der Waals surface area contributed by atoms with Gasteiger partial charge >= 0.3 is 5.97 Å². The summed E-state index contributed by atoms with van der Waals surface area (Å²) in [5.74, 6) is -0.791. The van der Waals surface area contributed by atoms with Gasteiger partial charge in [0, 0.05) is 11.3 Å². The zero-order valence-corrected chi connectivity index (χ0v) is 7.73. The molecular weight excluding hydrogens is 184 g/mol. The summed E-state index contributed by atoms with van der Waals surface area (Å²) in [5.41, 5.74) is 1.60. The van der Waals surface area contributed by atoms with Crippen molar-refractivity contribution in [3.8, 4) is 5.88 Å². The summed E-state index contributed by atoms with van der Waals surface area (Å²) < 4.78 is 5.25. The summed E-state index contributed by atoms with van der Waals surface area (Å²) >= 11 is 0. The van der Waals surface area contributed by atoms with Crippen molar-refractivity contribution < 1.29 is 14.6 Å². The zero-order chi connectivity index (χ0) is 10.1. The van der Waals surface area contributed by atoms with Crippen molar-refractivity contribution in [2.24, 2.45) is 5.92 Å². The highest BCUT2D eigenvalue weighted by Crippen LogP contribution is 2.26. The molecule has 0 amide bonds. The fourth-order valence-corrected chi connectivity index (χ4v) is 1.48. The highest BCUT2D eigenvalue weighted by atomic mass is 16.5. The minimum absolute atomic E-state index is 0.193. The topological polar surface area (TPSA) is 72.3 Å². The molecule has 1 aromatic heterocycles. The quantitative estimate of drug-likeness (QED) is 0.701. The van der Waals surface area contributed by atoms with Crippen molar-refractivity contribution in [1.82, 2.24) is 9.97 Å². The van der Waals surface area contributed by atoms with Gasteiger partial charge in [-0.05, 0) is 13.3 Å². The van der Waals surface area contributed by atoms with Crippen LogP contribution in [0.5, 0.6) is 5.88 Å². The van der Waals surface area contributed by atoms with Crippen LogP contribution in [0.3, 0.4) is 0 Å². The first-order valence-electron chi connectivity index (χ1n) is 4.34. The maximum Gasteiger partial charge on any atom is 0.310 e. The number of rotatable bonds is 1. The molecule has 0 radical (unpaired) electrons. The van der Waals surface area contributed by atoms with Crippen LogP contribution in [0, 0.1) is 12.8 Å². The highest BCUT2D eigenvalue weighted by molar-refractivity contribution is 5.71. The summed E-state index contributed by atoms with van der Waals surface area (Å²) in [7, 11) is 0. The number of hydrogen-bond acceptors (Lipinski definition) is 4. The first-order chi connectivity index (χ1) is 6.68. The summed E-state index contributed by atoms with van der Waals surface area (Å²) in [4.78, 5) is 18.7. The molecule has 1 aliphatic rings. The van der Waals surface area contributed by atoms with Crippen LogP contribution >= 0.6 is 0 Å². The second kappa shape index (κ2) is 3.25. The monoisotopic (exact) mass is 194 g/mol. The number of aromatic nitrogens is 2. The van der Waals surface area contributed by atoms with E-state index in [1.807, 2.05) is 6.92 Å². The van der Waals surface area contributed by atoms with E-state index in [2.05, 4.69) is 9.97 Å². The average molecular weight is 194 g/mol. The lowest BCUT2D eigenvalue weighted by Crippen LogP contribution is -2.29. The largest absolute Gasteiger partial charge is 0.481 e.